The number of anilines is 1. The summed E-state index contributed by atoms with van der Waals surface area (Å²) in [5.74, 6) is -0.106. The minimum Gasteiger partial charge on any atom is -0.484 e. The van der Waals surface area contributed by atoms with Crippen LogP contribution in [0.1, 0.15) is 38.1 Å². The predicted octanol–water partition coefficient (Wildman–Crippen LogP) is 3.67. The molecule has 0 radical (unpaired) electrons. The van der Waals surface area contributed by atoms with Gasteiger partial charge < -0.3 is 15.4 Å². The maximum Gasteiger partial charge on any atom is 0.241 e. The van der Waals surface area contributed by atoms with Crippen LogP contribution in [0.4, 0.5) is 5.69 Å². The highest BCUT2D eigenvalue weighted by Gasteiger charge is 2.33. The van der Waals surface area contributed by atoms with Gasteiger partial charge in [0, 0.05) is 17.1 Å². The molecule has 1 fully saturated rings. The summed E-state index contributed by atoms with van der Waals surface area (Å²) < 4.78 is 5.51. The number of likely N-dealkylation sites (tertiary alicyclic amines) is 1. The summed E-state index contributed by atoms with van der Waals surface area (Å²) in [4.78, 5) is 28.4. The van der Waals surface area contributed by atoms with Crippen molar-refractivity contribution in [2.24, 2.45) is 5.92 Å². The van der Waals surface area contributed by atoms with Gasteiger partial charge in [0.1, 0.15) is 0 Å². The highest BCUT2D eigenvalue weighted by atomic mass is 32.1. The highest BCUT2D eigenvalue weighted by molar-refractivity contribution is 7.13. The summed E-state index contributed by atoms with van der Waals surface area (Å²) in [5, 5.41) is 6.92. The predicted molar refractivity (Wildman–Crippen MR) is 116 cm³/mol. The number of rotatable bonds is 8. The zero-order valence-electron chi connectivity index (χ0n) is 17.2. The van der Waals surface area contributed by atoms with Crippen LogP contribution in [0, 0.1) is 5.92 Å². The zero-order chi connectivity index (χ0) is 20.8. The van der Waals surface area contributed by atoms with Gasteiger partial charge in [-0.2, -0.15) is 0 Å². The summed E-state index contributed by atoms with van der Waals surface area (Å²) in [7, 11) is 0. The summed E-state index contributed by atoms with van der Waals surface area (Å²) >= 11 is 1.56. The first kappa shape index (κ1) is 21.3. The van der Waals surface area contributed by atoms with E-state index >= 15 is 0 Å². The van der Waals surface area contributed by atoms with Crippen LogP contribution in [0.3, 0.4) is 0 Å². The molecule has 0 spiro atoms. The second-order valence-electron chi connectivity index (χ2n) is 7.33. The van der Waals surface area contributed by atoms with Crippen LogP contribution in [0.2, 0.25) is 0 Å². The fourth-order valence-corrected chi connectivity index (χ4v) is 4.39. The Labute approximate surface area is 176 Å². The molecule has 1 aromatic carbocycles. The van der Waals surface area contributed by atoms with E-state index in [1.807, 2.05) is 63.2 Å². The molecule has 2 heterocycles. The second-order valence-corrected chi connectivity index (χ2v) is 8.41. The van der Waals surface area contributed by atoms with Crippen molar-refractivity contribution in [2.45, 2.75) is 39.3 Å². The molecule has 156 valence electrons. The number of ether oxygens (including phenoxy) is 1. The molecule has 0 aliphatic carbocycles. The Morgan fingerprint density at radius 1 is 1.21 bits per heavy atom. The number of nitrogens with one attached hydrogen (secondary N) is 2. The normalized spacial score (nSPS) is 18.8. The third-order valence-corrected chi connectivity index (χ3v) is 6.41. The number of carbonyl (C=O) groups is 2. The number of hydrogen-bond acceptors (Lipinski definition) is 5. The summed E-state index contributed by atoms with van der Waals surface area (Å²) in [6.07, 6.45) is 0.760. The van der Waals surface area contributed by atoms with Gasteiger partial charge >= 0.3 is 0 Å². The molecular formula is C22H29N3O3S. The Hall–Kier alpha value is -2.38. The second kappa shape index (κ2) is 9.89. The molecule has 0 bridgehead atoms. The van der Waals surface area contributed by atoms with Crippen molar-refractivity contribution in [1.29, 1.82) is 0 Å². The number of nitrogens with zero attached hydrogens (tertiary/aromatic N) is 1. The van der Waals surface area contributed by atoms with Crippen LogP contribution in [0.5, 0.6) is 5.06 Å². The molecule has 2 N–H and O–H groups in total. The molecule has 7 heteroatoms. The molecule has 3 atom stereocenters. The molecule has 1 aliphatic rings. The van der Waals surface area contributed by atoms with E-state index in [1.54, 1.807) is 11.3 Å². The lowest BCUT2D eigenvalue weighted by atomic mass is 10.1. The molecule has 1 aromatic heterocycles. The standard InChI is InChI=1S/C22H29N3O3S/c1-4-28-20-11-10-19(29-20)15(2)23-22(27)17-12-13-25(14-17)16(3)21(26)24-18-8-6-5-7-9-18/h5-11,15-17H,4,12-14H2,1-3H3,(H,23,27)(H,24,26)/t15-,16?,17-/m1/s1. The largest absolute Gasteiger partial charge is 0.484 e. The lowest BCUT2D eigenvalue weighted by molar-refractivity contribution is -0.126. The zero-order valence-corrected chi connectivity index (χ0v) is 18.0. The first-order valence-corrected chi connectivity index (χ1v) is 10.9. The number of hydrogen-bond donors (Lipinski definition) is 2. The summed E-state index contributed by atoms with van der Waals surface area (Å²) in [6.45, 7) is 7.80. The Morgan fingerprint density at radius 2 is 1.97 bits per heavy atom. The van der Waals surface area contributed by atoms with E-state index in [4.69, 9.17) is 4.74 Å². The fraction of sp³-hybridized carbons (Fsp3) is 0.455. The van der Waals surface area contributed by atoms with Crippen molar-refractivity contribution in [3.8, 4) is 5.06 Å². The molecule has 0 saturated carbocycles. The van der Waals surface area contributed by atoms with E-state index in [1.165, 1.54) is 0 Å². The van der Waals surface area contributed by atoms with E-state index < -0.39 is 0 Å². The first-order chi connectivity index (χ1) is 14.0. The van der Waals surface area contributed by atoms with E-state index in [2.05, 4.69) is 15.5 Å². The van der Waals surface area contributed by atoms with E-state index in [0.29, 0.717) is 13.2 Å². The maximum atomic E-state index is 12.7. The Balaban J connectivity index is 1.50. The summed E-state index contributed by atoms with van der Waals surface area (Å²) in [6, 6.07) is 13.0. The van der Waals surface area contributed by atoms with Crippen molar-refractivity contribution in [1.82, 2.24) is 10.2 Å². The van der Waals surface area contributed by atoms with Gasteiger partial charge in [-0.3, -0.25) is 14.5 Å². The van der Waals surface area contributed by atoms with Crippen molar-refractivity contribution in [3.05, 3.63) is 47.3 Å². The fourth-order valence-electron chi connectivity index (χ4n) is 3.48. The van der Waals surface area contributed by atoms with Crippen LogP contribution < -0.4 is 15.4 Å². The number of carbonyl (C=O) groups excluding carboxylic acids is 2. The molecule has 1 saturated heterocycles. The number of benzene rings is 1. The quantitative estimate of drug-likeness (QED) is 0.690. The van der Waals surface area contributed by atoms with Crippen molar-refractivity contribution in [2.75, 3.05) is 25.0 Å². The molecule has 2 amide bonds. The molecule has 29 heavy (non-hydrogen) atoms. The van der Waals surface area contributed by atoms with E-state index in [9.17, 15) is 9.59 Å². The molecule has 1 unspecified atom stereocenters. The highest BCUT2D eigenvalue weighted by Crippen LogP contribution is 2.29. The SMILES string of the molecule is CCOc1ccc([C@@H](C)NC(=O)[C@@H]2CCN(C(C)C(=O)Nc3ccccc3)C2)s1. The van der Waals surface area contributed by atoms with Gasteiger partial charge in [-0.15, -0.1) is 11.3 Å². The summed E-state index contributed by atoms with van der Waals surface area (Å²) in [5.41, 5.74) is 0.786. The molecule has 2 aromatic rings. The third kappa shape index (κ3) is 5.58. The van der Waals surface area contributed by atoms with Crippen molar-refractivity contribution in [3.63, 3.8) is 0 Å². The van der Waals surface area contributed by atoms with Gasteiger partial charge in [0.15, 0.2) is 5.06 Å². The van der Waals surface area contributed by atoms with Gasteiger partial charge in [0.05, 0.1) is 24.6 Å². The van der Waals surface area contributed by atoms with Gasteiger partial charge in [-0.05, 0) is 58.0 Å². The van der Waals surface area contributed by atoms with Crippen LogP contribution in [0.15, 0.2) is 42.5 Å². The van der Waals surface area contributed by atoms with Crippen molar-refractivity contribution >= 4 is 28.8 Å². The number of para-hydroxylation sites is 1. The van der Waals surface area contributed by atoms with Gasteiger partial charge in [0.2, 0.25) is 11.8 Å². The topological polar surface area (TPSA) is 70.7 Å². The van der Waals surface area contributed by atoms with Crippen LogP contribution in [-0.2, 0) is 9.59 Å². The molecule has 1 aliphatic heterocycles. The van der Waals surface area contributed by atoms with Gasteiger partial charge in [0.25, 0.3) is 0 Å². The Bertz CT molecular complexity index is 824. The van der Waals surface area contributed by atoms with Crippen LogP contribution in [0.25, 0.3) is 0 Å². The van der Waals surface area contributed by atoms with Gasteiger partial charge in [-0.25, -0.2) is 0 Å². The van der Waals surface area contributed by atoms with Gasteiger partial charge in [-0.1, -0.05) is 18.2 Å². The van der Waals surface area contributed by atoms with E-state index in [0.717, 1.165) is 28.6 Å². The first-order valence-electron chi connectivity index (χ1n) is 10.1. The lowest BCUT2D eigenvalue weighted by Crippen LogP contribution is -2.42. The van der Waals surface area contributed by atoms with Crippen molar-refractivity contribution < 1.29 is 14.3 Å². The minimum absolute atomic E-state index is 0.0435. The monoisotopic (exact) mass is 415 g/mol. The van der Waals surface area contributed by atoms with E-state index in [-0.39, 0.29) is 29.8 Å². The third-order valence-electron chi connectivity index (χ3n) is 5.23. The molecular weight excluding hydrogens is 386 g/mol. The van der Waals surface area contributed by atoms with Crippen LogP contribution >= 0.6 is 11.3 Å². The molecule has 6 nitrogen and oxygen atoms in total. The average Bonchev–Trinajstić information content (AvgIpc) is 3.38. The number of thiophene rings is 1. The lowest BCUT2D eigenvalue weighted by Gasteiger charge is -2.23. The average molecular weight is 416 g/mol. The van der Waals surface area contributed by atoms with Crippen LogP contribution in [-0.4, -0.2) is 42.5 Å². The molecule has 3 rings (SSSR count). The Kier molecular flexibility index (Phi) is 7.28. The minimum atomic E-state index is -0.281. The number of amides is 2. The smallest absolute Gasteiger partial charge is 0.241 e. The Morgan fingerprint density at radius 3 is 2.69 bits per heavy atom. The maximum absolute atomic E-state index is 12.7.